The molecule has 0 bridgehead atoms. The highest BCUT2D eigenvalue weighted by Crippen LogP contribution is 2.34. The number of benzene rings is 2. The van der Waals surface area contributed by atoms with E-state index in [9.17, 15) is 14.0 Å². The van der Waals surface area contributed by atoms with Gasteiger partial charge in [0.15, 0.2) is 0 Å². The Bertz CT molecular complexity index is 1630. The number of rotatable bonds is 5. The van der Waals surface area contributed by atoms with Crippen LogP contribution in [0.4, 0.5) is 26.6 Å². The molecule has 1 aliphatic heterocycles. The lowest BCUT2D eigenvalue weighted by molar-refractivity contribution is 0.0490. The van der Waals surface area contributed by atoms with Crippen molar-refractivity contribution in [2.24, 2.45) is 0 Å². The Balaban J connectivity index is 1.61. The minimum atomic E-state index is -0.784. The average molecular weight is 582 g/mol. The van der Waals surface area contributed by atoms with Crippen LogP contribution in [-0.4, -0.2) is 65.6 Å². The summed E-state index contributed by atoms with van der Waals surface area (Å²) in [6, 6.07) is 11.3. The molecular weight excluding hydrogens is 553 g/mol. The molecule has 0 unspecified atom stereocenters. The standard InChI is InChI=1S/C29H29ClFN5O5/c1-29(2,3)41-28(38)36-23-13-17(5-6-18(23)14-24(36)26(37)39-4)20-16-32-27(33-19-7-8-22(31)21(30)15-19)34-25(20)35-9-11-40-12-10-35/h5-8,13-16H,9-12H2,1-4H3,(H,32,33,34). The van der Waals surface area contributed by atoms with Crippen LogP contribution in [0.25, 0.3) is 22.0 Å². The second kappa shape index (κ2) is 11.3. The monoisotopic (exact) mass is 581 g/mol. The average Bonchev–Trinajstić information content (AvgIpc) is 3.33. The Morgan fingerprint density at radius 2 is 1.85 bits per heavy atom. The van der Waals surface area contributed by atoms with Gasteiger partial charge in [-0.2, -0.15) is 4.98 Å². The Kier molecular flexibility index (Phi) is 7.83. The number of fused-ring (bicyclic) bond motifs is 1. The molecule has 1 N–H and O–H groups in total. The lowest BCUT2D eigenvalue weighted by atomic mass is 10.1. The number of carbonyl (C=O) groups excluding carboxylic acids is 2. The Hall–Kier alpha value is -4.22. The molecule has 3 heterocycles. The molecule has 1 aliphatic rings. The maximum Gasteiger partial charge on any atom is 0.419 e. The van der Waals surface area contributed by atoms with E-state index in [1.54, 1.807) is 45.2 Å². The second-order valence-corrected chi connectivity index (χ2v) is 10.8. The predicted octanol–water partition coefficient (Wildman–Crippen LogP) is 6.04. The summed E-state index contributed by atoms with van der Waals surface area (Å²) in [7, 11) is 1.26. The first-order chi connectivity index (χ1) is 19.5. The Labute approximate surface area is 241 Å². The van der Waals surface area contributed by atoms with Crippen molar-refractivity contribution in [2.75, 3.05) is 43.6 Å². The number of hydrogen-bond acceptors (Lipinski definition) is 9. The number of nitrogens with one attached hydrogen (secondary N) is 1. The molecule has 1 fully saturated rings. The van der Waals surface area contributed by atoms with Crippen LogP contribution < -0.4 is 10.2 Å². The summed E-state index contributed by atoms with van der Waals surface area (Å²) in [6.07, 6.45) is 0.973. The number of carbonyl (C=O) groups is 2. The number of nitrogens with zero attached hydrogens (tertiary/aromatic N) is 4. The van der Waals surface area contributed by atoms with E-state index in [1.807, 2.05) is 12.1 Å². The van der Waals surface area contributed by atoms with Crippen molar-refractivity contribution in [3.63, 3.8) is 0 Å². The molecule has 12 heteroatoms. The zero-order valence-electron chi connectivity index (χ0n) is 23.0. The number of methoxy groups -OCH3 is 1. The van der Waals surface area contributed by atoms with Gasteiger partial charge >= 0.3 is 12.1 Å². The van der Waals surface area contributed by atoms with E-state index in [4.69, 9.17) is 30.8 Å². The van der Waals surface area contributed by atoms with Gasteiger partial charge in [0.1, 0.15) is 22.9 Å². The van der Waals surface area contributed by atoms with Gasteiger partial charge in [-0.3, -0.25) is 0 Å². The molecule has 0 amide bonds. The second-order valence-electron chi connectivity index (χ2n) is 10.4. The van der Waals surface area contributed by atoms with Crippen molar-refractivity contribution in [2.45, 2.75) is 26.4 Å². The number of esters is 1. The first-order valence-corrected chi connectivity index (χ1v) is 13.3. The van der Waals surface area contributed by atoms with Gasteiger partial charge in [0.05, 0.1) is 30.9 Å². The molecular formula is C29H29ClFN5O5. The number of aromatic nitrogens is 3. The largest absolute Gasteiger partial charge is 0.464 e. The SMILES string of the molecule is COC(=O)c1cc2ccc(-c3cnc(Nc4ccc(F)c(Cl)c4)nc3N3CCOCC3)cc2n1C(=O)OC(C)(C)C. The fraction of sp³-hybridized carbons (Fsp3) is 0.310. The van der Waals surface area contributed by atoms with Crippen LogP contribution in [0.1, 0.15) is 31.3 Å². The Morgan fingerprint density at radius 1 is 1.10 bits per heavy atom. The van der Waals surface area contributed by atoms with Gasteiger partial charge in [-0.1, -0.05) is 23.7 Å². The number of anilines is 3. The minimum Gasteiger partial charge on any atom is -0.464 e. The molecule has 0 saturated carbocycles. The first kappa shape index (κ1) is 28.3. The van der Waals surface area contributed by atoms with Gasteiger partial charge in [0, 0.05) is 35.9 Å². The van der Waals surface area contributed by atoms with Gasteiger partial charge in [-0.25, -0.2) is 23.5 Å². The summed E-state index contributed by atoms with van der Waals surface area (Å²) in [5.74, 6) is -0.252. The van der Waals surface area contributed by atoms with E-state index in [-0.39, 0.29) is 10.7 Å². The summed E-state index contributed by atoms with van der Waals surface area (Å²) in [6.45, 7) is 7.53. The van der Waals surface area contributed by atoms with E-state index in [1.165, 1.54) is 23.8 Å². The number of morpholine rings is 1. The van der Waals surface area contributed by atoms with E-state index in [0.717, 1.165) is 5.56 Å². The lowest BCUT2D eigenvalue weighted by Gasteiger charge is -2.29. The molecule has 4 aromatic rings. The maximum atomic E-state index is 13.7. The molecule has 0 atom stereocenters. The summed E-state index contributed by atoms with van der Waals surface area (Å²) in [4.78, 5) is 37.2. The smallest absolute Gasteiger partial charge is 0.419 e. The van der Waals surface area contributed by atoms with Crippen LogP contribution in [0.15, 0.2) is 48.7 Å². The molecule has 10 nitrogen and oxygen atoms in total. The molecule has 2 aromatic heterocycles. The third-order valence-electron chi connectivity index (χ3n) is 6.34. The van der Waals surface area contributed by atoms with Crippen LogP contribution in [-0.2, 0) is 14.2 Å². The molecule has 0 aliphatic carbocycles. The normalized spacial score (nSPS) is 13.8. The van der Waals surface area contributed by atoms with Gasteiger partial charge in [-0.05, 0) is 56.7 Å². The molecule has 0 radical (unpaired) electrons. The fourth-order valence-electron chi connectivity index (χ4n) is 4.48. The van der Waals surface area contributed by atoms with Gasteiger partial charge in [0.25, 0.3) is 0 Å². The molecule has 2 aromatic carbocycles. The van der Waals surface area contributed by atoms with Crippen molar-refractivity contribution >= 4 is 52.0 Å². The third-order valence-corrected chi connectivity index (χ3v) is 6.63. The van der Waals surface area contributed by atoms with Crippen LogP contribution in [0, 0.1) is 5.82 Å². The number of hydrogen-bond donors (Lipinski definition) is 1. The molecule has 41 heavy (non-hydrogen) atoms. The van der Waals surface area contributed by atoms with E-state index in [0.29, 0.717) is 60.2 Å². The summed E-state index contributed by atoms with van der Waals surface area (Å²) < 4.78 is 31.0. The zero-order valence-corrected chi connectivity index (χ0v) is 23.8. The fourth-order valence-corrected chi connectivity index (χ4v) is 4.66. The highest BCUT2D eigenvalue weighted by Gasteiger charge is 2.27. The van der Waals surface area contributed by atoms with Crippen LogP contribution >= 0.6 is 11.6 Å². The maximum absolute atomic E-state index is 13.7. The van der Waals surface area contributed by atoms with Gasteiger partial charge in [-0.15, -0.1) is 0 Å². The van der Waals surface area contributed by atoms with Gasteiger partial charge in [0.2, 0.25) is 5.95 Å². The quantitative estimate of drug-likeness (QED) is 0.282. The zero-order chi connectivity index (χ0) is 29.3. The van der Waals surface area contributed by atoms with Crippen molar-refractivity contribution < 1.29 is 28.2 Å². The van der Waals surface area contributed by atoms with Crippen molar-refractivity contribution in [1.82, 2.24) is 14.5 Å². The highest BCUT2D eigenvalue weighted by molar-refractivity contribution is 6.31. The lowest BCUT2D eigenvalue weighted by Crippen LogP contribution is -2.37. The molecule has 1 saturated heterocycles. The van der Waals surface area contributed by atoms with E-state index >= 15 is 0 Å². The summed E-state index contributed by atoms with van der Waals surface area (Å²) in [5.41, 5.74) is 1.68. The molecule has 5 rings (SSSR count). The van der Waals surface area contributed by atoms with Crippen molar-refractivity contribution in [3.05, 3.63) is 65.2 Å². The minimum absolute atomic E-state index is 0.0207. The Morgan fingerprint density at radius 3 is 2.54 bits per heavy atom. The van der Waals surface area contributed by atoms with Crippen LogP contribution in [0.2, 0.25) is 5.02 Å². The van der Waals surface area contributed by atoms with E-state index < -0.39 is 23.5 Å². The molecule has 214 valence electrons. The number of ether oxygens (including phenoxy) is 3. The topological polar surface area (TPSA) is 108 Å². The summed E-state index contributed by atoms with van der Waals surface area (Å²) >= 11 is 5.95. The first-order valence-electron chi connectivity index (χ1n) is 12.9. The van der Waals surface area contributed by atoms with Crippen LogP contribution in [0.5, 0.6) is 0 Å². The van der Waals surface area contributed by atoms with Crippen molar-refractivity contribution in [3.8, 4) is 11.1 Å². The summed E-state index contributed by atoms with van der Waals surface area (Å²) in [5, 5.41) is 3.71. The van der Waals surface area contributed by atoms with Crippen molar-refractivity contribution in [1.29, 1.82) is 0 Å². The molecule has 0 spiro atoms. The third kappa shape index (κ3) is 6.10. The van der Waals surface area contributed by atoms with E-state index in [2.05, 4.69) is 15.2 Å². The van der Waals surface area contributed by atoms with Crippen LogP contribution in [0.3, 0.4) is 0 Å². The highest BCUT2D eigenvalue weighted by atomic mass is 35.5. The van der Waals surface area contributed by atoms with Gasteiger partial charge < -0.3 is 24.4 Å². The predicted molar refractivity (Wildman–Crippen MR) is 154 cm³/mol. The number of halogens is 2.